The third-order valence-corrected chi connectivity index (χ3v) is 5.87. The molecule has 0 radical (unpaired) electrons. The molecule has 0 saturated carbocycles. The number of nitrogens with zero attached hydrogens (tertiary/aromatic N) is 2. The van der Waals surface area contributed by atoms with Crippen molar-refractivity contribution in [2.24, 2.45) is 0 Å². The number of rotatable bonds is 10. The highest BCUT2D eigenvalue weighted by molar-refractivity contribution is 7.16. The first kappa shape index (κ1) is 29.6. The maximum atomic E-state index is 12.8. The van der Waals surface area contributed by atoms with Gasteiger partial charge in [0.2, 0.25) is 0 Å². The van der Waals surface area contributed by atoms with E-state index in [9.17, 15) is 9.59 Å². The summed E-state index contributed by atoms with van der Waals surface area (Å²) in [4.78, 5) is 29.9. The lowest BCUT2D eigenvalue weighted by atomic mass is 10.1. The summed E-state index contributed by atoms with van der Waals surface area (Å²) in [6.45, 7) is 5.36. The first-order chi connectivity index (χ1) is 11.9. The van der Waals surface area contributed by atoms with Crippen molar-refractivity contribution < 1.29 is 9.59 Å². The molecule has 0 atom stereocenters. The van der Waals surface area contributed by atoms with Crippen LogP contribution in [0.2, 0.25) is 0 Å². The minimum Gasteiger partial charge on any atom is -0.336 e. The summed E-state index contributed by atoms with van der Waals surface area (Å²) >= 11 is 24.3. The number of alkyl halides is 4. The quantitative estimate of drug-likeness (QED) is 0.405. The van der Waals surface area contributed by atoms with Crippen LogP contribution >= 0.6 is 82.6 Å². The van der Waals surface area contributed by atoms with E-state index >= 15 is 0 Å². The van der Waals surface area contributed by atoms with Gasteiger partial charge in [0.25, 0.3) is 11.8 Å². The Balaban J connectivity index is 0. The van der Waals surface area contributed by atoms with Crippen molar-refractivity contribution in [1.82, 2.24) is 9.80 Å². The predicted molar refractivity (Wildman–Crippen MR) is 123 cm³/mol. The van der Waals surface area contributed by atoms with E-state index in [1.54, 1.807) is 9.80 Å². The molecule has 0 unspecified atom stereocenters. The van der Waals surface area contributed by atoms with Gasteiger partial charge in [0, 0.05) is 49.7 Å². The fraction of sp³-hybridized carbons (Fsp3) is 0.625. The number of thiophene rings is 1. The molecule has 1 aromatic heterocycles. The van der Waals surface area contributed by atoms with Crippen LogP contribution in [0.1, 0.15) is 30.5 Å². The van der Waals surface area contributed by atoms with Gasteiger partial charge in [-0.25, -0.2) is 0 Å². The topological polar surface area (TPSA) is 40.6 Å². The molecule has 0 spiro atoms. The summed E-state index contributed by atoms with van der Waals surface area (Å²) in [5, 5.41) is 0. The van der Waals surface area contributed by atoms with E-state index < -0.39 is 0 Å². The molecule has 0 fully saturated rings. The molecule has 158 valence electrons. The van der Waals surface area contributed by atoms with E-state index in [2.05, 4.69) is 0 Å². The lowest BCUT2D eigenvalue weighted by Gasteiger charge is -2.20. The highest BCUT2D eigenvalue weighted by Gasteiger charge is 2.27. The van der Waals surface area contributed by atoms with Crippen LogP contribution in [0.3, 0.4) is 0 Å². The Morgan fingerprint density at radius 3 is 1.19 bits per heavy atom. The zero-order valence-electron chi connectivity index (χ0n) is 15.1. The van der Waals surface area contributed by atoms with Crippen molar-refractivity contribution in [1.29, 1.82) is 0 Å². The monoisotopic (exact) mass is 518 g/mol. The summed E-state index contributed by atoms with van der Waals surface area (Å²) < 4.78 is 0. The van der Waals surface area contributed by atoms with Crippen LogP contribution in [-0.4, -0.2) is 71.3 Å². The van der Waals surface area contributed by atoms with Crippen molar-refractivity contribution in [3.63, 3.8) is 0 Å². The van der Waals surface area contributed by atoms with Crippen molar-refractivity contribution >= 4 is 94.4 Å². The van der Waals surface area contributed by atoms with E-state index in [0.717, 1.165) is 11.1 Å². The van der Waals surface area contributed by atoms with Gasteiger partial charge >= 0.3 is 0 Å². The van der Waals surface area contributed by atoms with Crippen LogP contribution in [-0.2, 0) is 0 Å². The van der Waals surface area contributed by atoms with Gasteiger partial charge in [0.1, 0.15) is 0 Å². The van der Waals surface area contributed by atoms with Crippen molar-refractivity contribution in [3.05, 3.63) is 20.9 Å². The Morgan fingerprint density at radius 2 is 0.963 bits per heavy atom. The summed E-state index contributed by atoms with van der Waals surface area (Å²) in [5.74, 6) is 1.03. The Hall–Kier alpha value is 0.380. The maximum Gasteiger partial charge on any atom is 0.264 e. The number of carbonyl (C=O) groups is 2. The molecule has 0 bridgehead atoms. The lowest BCUT2D eigenvalue weighted by Crippen LogP contribution is -2.34. The average Bonchev–Trinajstić information content (AvgIpc) is 2.89. The number of hydrogen-bond acceptors (Lipinski definition) is 3. The molecule has 0 saturated heterocycles. The molecule has 0 N–H and O–H groups in total. The molecule has 0 aliphatic rings. The minimum absolute atomic E-state index is 0. The number of hydrogen-bond donors (Lipinski definition) is 0. The van der Waals surface area contributed by atoms with Crippen LogP contribution in [0.5, 0.6) is 0 Å². The Bertz CT molecular complexity index is 539. The number of carbonyl (C=O) groups excluding carboxylic acids is 2. The summed E-state index contributed by atoms with van der Waals surface area (Å²) in [6, 6.07) is 0. The molecule has 0 aromatic carbocycles. The first-order valence-corrected chi connectivity index (χ1v) is 10.8. The zero-order valence-corrected chi connectivity index (χ0v) is 20.6. The molecule has 0 aliphatic heterocycles. The van der Waals surface area contributed by atoms with E-state index in [1.807, 2.05) is 13.8 Å². The smallest absolute Gasteiger partial charge is 0.264 e. The molecule has 4 nitrogen and oxygen atoms in total. The van der Waals surface area contributed by atoms with E-state index in [-0.39, 0.29) is 36.6 Å². The normalized spacial score (nSPS) is 10.0. The lowest BCUT2D eigenvalue weighted by molar-refractivity contribution is 0.0772. The molecule has 1 heterocycles. The minimum atomic E-state index is -0.146. The Morgan fingerprint density at radius 1 is 0.704 bits per heavy atom. The molecular weight excluding hydrogens is 497 g/mol. The fourth-order valence-corrected chi connectivity index (χ4v) is 4.39. The third-order valence-electron chi connectivity index (χ3n) is 3.83. The molecule has 27 heavy (non-hydrogen) atoms. The van der Waals surface area contributed by atoms with Gasteiger partial charge in [0.05, 0.1) is 9.75 Å². The van der Waals surface area contributed by atoms with Gasteiger partial charge in [-0.3, -0.25) is 9.59 Å². The SMILES string of the molecule is Cc1c(C(=O)N(CCCl)CCCl)sc(C(=O)N(CCCl)CCCl)c1C.Cl.Cl. The van der Waals surface area contributed by atoms with Gasteiger partial charge in [-0.2, -0.15) is 0 Å². The zero-order chi connectivity index (χ0) is 19.0. The van der Waals surface area contributed by atoms with Crippen molar-refractivity contribution in [2.45, 2.75) is 13.8 Å². The van der Waals surface area contributed by atoms with E-state index in [0.29, 0.717) is 59.5 Å². The largest absolute Gasteiger partial charge is 0.336 e. The van der Waals surface area contributed by atoms with Crippen LogP contribution in [0.25, 0.3) is 0 Å². The fourth-order valence-electron chi connectivity index (χ4n) is 2.33. The van der Waals surface area contributed by atoms with Crippen LogP contribution in [0.4, 0.5) is 0 Å². The van der Waals surface area contributed by atoms with Gasteiger partial charge < -0.3 is 9.80 Å². The second-order valence-electron chi connectivity index (χ2n) is 5.35. The van der Waals surface area contributed by atoms with Gasteiger partial charge in [0.15, 0.2) is 0 Å². The van der Waals surface area contributed by atoms with Crippen molar-refractivity contribution in [2.75, 3.05) is 49.7 Å². The molecule has 1 rings (SSSR count). The molecular formula is C16H24Cl6N2O2S. The first-order valence-electron chi connectivity index (χ1n) is 7.85. The molecule has 2 amide bonds. The van der Waals surface area contributed by atoms with Crippen molar-refractivity contribution in [3.8, 4) is 0 Å². The molecule has 11 heteroatoms. The second kappa shape index (κ2) is 15.3. The van der Waals surface area contributed by atoms with Gasteiger partial charge in [-0.05, 0) is 25.0 Å². The van der Waals surface area contributed by atoms with Gasteiger partial charge in [-0.1, -0.05) is 0 Å². The van der Waals surface area contributed by atoms with Crippen LogP contribution in [0, 0.1) is 13.8 Å². The van der Waals surface area contributed by atoms with Gasteiger partial charge in [-0.15, -0.1) is 82.6 Å². The Labute approximate surface area is 197 Å². The summed E-state index contributed by atoms with van der Waals surface area (Å²) in [6.07, 6.45) is 0. The highest BCUT2D eigenvalue weighted by Crippen LogP contribution is 2.30. The standard InChI is InChI=1S/C16H22Cl4N2O2S.2ClH/c1-11-12(2)14(16(24)22(9-5-19)10-6-20)25-13(11)15(23)21(7-3-17)8-4-18;;/h3-10H2,1-2H3;2*1H. The molecule has 0 aliphatic carbocycles. The third kappa shape index (κ3) is 7.96. The average molecular weight is 521 g/mol. The van der Waals surface area contributed by atoms with E-state index in [4.69, 9.17) is 46.4 Å². The van der Waals surface area contributed by atoms with E-state index in [1.165, 1.54) is 11.3 Å². The van der Waals surface area contributed by atoms with Crippen LogP contribution in [0.15, 0.2) is 0 Å². The predicted octanol–water partition coefficient (Wildman–Crippen LogP) is 5.05. The summed E-state index contributed by atoms with van der Waals surface area (Å²) in [7, 11) is 0. The number of amides is 2. The summed E-state index contributed by atoms with van der Waals surface area (Å²) in [5.41, 5.74) is 1.62. The molecule has 1 aromatic rings. The van der Waals surface area contributed by atoms with Crippen LogP contribution < -0.4 is 0 Å². The highest BCUT2D eigenvalue weighted by atomic mass is 35.5. The Kier molecular flexibility index (Phi) is 16.7. The number of halogens is 6. The maximum absolute atomic E-state index is 12.8. The second-order valence-corrected chi connectivity index (χ2v) is 7.88.